The Morgan fingerprint density at radius 2 is 1.21 bits per heavy atom. The first kappa shape index (κ1) is 37.0. The molecule has 0 amide bonds. The van der Waals surface area contributed by atoms with Gasteiger partial charge in [0.2, 0.25) is 11.8 Å². The van der Waals surface area contributed by atoms with Crippen molar-refractivity contribution >= 4 is 88.8 Å². The maximum absolute atomic E-state index is 12.0. The van der Waals surface area contributed by atoms with Gasteiger partial charge in [0, 0.05) is 80.6 Å². The Labute approximate surface area is 316 Å². The summed E-state index contributed by atoms with van der Waals surface area (Å²) in [4.78, 5) is 28.0. The highest BCUT2D eigenvalue weighted by Crippen LogP contribution is 2.34. The summed E-state index contributed by atoms with van der Waals surface area (Å²) in [6, 6.07) is 24.4. The second-order valence-corrected chi connectivity index (χ2v) is 13.0. The molecule has 256 valence electrons. The lowest BCUT2D eigenvalue weighted by Gasteiger charge is -2.06. The monoisotopic (exact) mass is 814 g/mol. The molecular formula is C40H28Br2N6O4. The number of carbonyl (C=O) groups excluding carboxylic acids is 2. The zero-order valence-electron chi connectivity index (χ0n) is 28.3. The number of pyridine rings is 1. The molecule has 6 aromatic rings. The molecule has 52 heavy (non-hydrogen) atoms. The molecule has 0 N–H and O–H groups in total. The molecule has 0 fully saturated rings. The molecular weight excluding hydrogens is 788 g/mol. The van der Waals surface area contributed by atoms with Crippen molar-refractivity contribution in [3.8, 4) is 29.7 Å². The van der Waals surface area contributed by atoms with E-state index < -0.39 is 0 Å². The van der Waals surface area contributed by atoms with Crippen LogP contribution in [-0.4, -0.2) is 40.2 Å². The highest BCUT2D eigenvalue weighted by Gasteiger charge is 2.17. The number of hydrogen-bond acceptors (Lipinski definition) is 8. The van der Waals surface area contributed by atoms with Crippen molar-refractivity contribution in [1.29, 1.82) is 15.8 Å². The fourth-order valence-electron chi connectivity index (χ4n) is 5.61. The number of nitrogens with zero attached hydrogens (tertiary/aromatic N) is 6. The first-order valence-electron chi connectivity index (χ1n) is 15.5. The summed E-state index contributed by atoms with van der Waals surface area (Å²) in [5.74, 6) is 0.919. The first-order valence-corrected chi connectivity index (χ1v) is 17.1. The Hall–Kier alpha value is -6.26. The van der Waals surface area contributed by atoms with Crippen LogP contribution in [0.4, 0.5) is 0 Å². The van der Waals surface area contributed by atoms with E-state index in [0.29, 0.717) is 50.5 Å². The Morgan fingerprint density at radius 1 is 0.712 bits per heavy atom. The van der Waals surface area contributed by atoms with Crippen molar-refractivity contribution in [2.24, 2.45) is 0 Å². The predicted molar refractivity (Wildman–Crippen MR) is 207 cm³/mol. The number of halogens is 2. The summed E-state index contributed by atoms with van der Waals surface area (Å²) >= 11 is 6.89. The summed E-state index contributed by atoms with van der Waals surface area (Å²) < 4.78 is 15.4. The molecule has 10 nitrogen and oxygen atoms in total. The number of ether oxygens (including phenoxy) is 2. The maximum atomic E-state index is 12.0. The minimum absolute atomic E-state index is 0.116. The largest absolute Gasteiger partial charge is 0.496 e. The van der Waals surface area contributed by atoms with Crippen molar-refractivity contribution in [2.75, 3.05) is 14.2 Å². The molecule has 6 rings (SSSR count). The zero-order chi connectivity index (χ0) is 37.5. The van der Waals surface area contributed by atoms with Gasteiger partial charge in [-0.2, -0.15) is 15.8 Å². The quantitative estimate of drug-likeness (QED) is 0.151. The third-order valence-electron chi connectivity index (χ3n) is 8.02. The van der Waals surface area contributed by atoms with Gasteiger partial charge in [-0.15, -0.1) is 0 Å². The van der Waals surface area contributed by atoms with Crippen LogP contribution in [0, 0.1) is 34.0 Å². The second kappa shape index (κ2) is 16.2. The zero-order valence-corrected chi connectivity index (χ0v) is 31.5. The van der Waals surface area contributed by atoms with Crippen molar-refractivity contribution in [3.63, 3.8) is 0 Å². The van der Waals surface area contributed by atoms with Crippen molar-refractivity contribution in [3.05, 3.63) is 122 Å². The van der Waals surface area contributed by atoms with Crippen LogP contribution < -0.4 is 9.47 Å². The van der Waals surface area contributed by atoms with Gasteiger partial charge in [-0.1, -0.05) is 31.9 Å². The van der Waals surface area contributed by atoms with Crippen molar-refractivity contribution in [1.82, 2.24) is 14.1 Å². The average molecular weight is 817 g/mol. The normalized spacial score (nSPS) is 11.2. The molecule has 0 aliphatic heterocycles. The number of fused-ring (bicyclic) bond motifs is 2. The summed E-state index contributed by atoms with van der Waals surface area (Å²) in [5, 5.41) is 30.2. The standard InChI is InChI=1S/C21H14BrN3O2.C19H14BrN3O2/c1-13(26)25-12-19(18-9-17(22)4-5-20(18)25)16(11-24)8-15-7-14(10-23)3-6-21(15)27-2;1-12(24)23-11-17(16-8-15(20)3-4-18(16)23)13(9-21)7-14-10-22-6-5-19(14)25-2/h3-9,12H,1-2H3;3-8,10-11H,1-2H3/b16-8+;13-7+. The van der Waals surface area contributed by atoms with Crippen LogP contribution in [0.2, 0.25) is 0 Å². The van der Waals surface area contributed by atoms with E-state index in [2.05, 4.69) is 55.1 Å². The third-order valence-corrected chi connectivity index (χ3v) is 9.01. The number of nitriles is 3. The van der Waals surface area contributed by atoms with Crippen LogP contribution in [0.15, 0.2) is 94.4 Å². The number of methoxy groups -OCH3 is 2. The van der Waals surface area contributed by atoms with Gasteiger partial charge < -0.3 is 9.47 Å². The highest BCUT2D eigenvalue weighted by molar-refractivity contribution is 9.10. The SMILES string of the molecule is COc1ccc(C#N)cc1/C=C(\C#N)c1cn(C(C)=O)c2ccc(Br)cc12.COc1ccncc1/C=C(\C#N)c1cn(C(C)=O)c2ccc(Br)cc12. The molecule has 3 heterocycles. The van der Waals surface area contributed by atoms with Crippen molar-refractivity contribution in [2.45, 2.75) is 13.8 Å². The van der Waals surface area contributed by atoms with Crippen LogP contribution in [0.5, 0.6) is 11.5 Å². The van der Waals surface area contributed by atoms with Gasteiger partial charge in [0.1, 0.15) is 11.5 Å². The van der Waals surface area contributed by atoms with E-state index in [4.69, 9.17) is 14.7 Å². The van der Waals surface area contributed by atoms with Gasteiger partial charge in [0.15, 0.2) is 0 Å². The van der Waals surface area contributed by atoms with Gasteiger partial charge in [-0.25, -0.2) is 0 Å². The molecule has 0 unspecified atom stereocenters. The Bertz CT molecular complexity index is 2580. The molecule has 0 atom stereocenters. The summed E-state index contributed by atoms with van der Waals surface area (Å²) in [6.07, 6.45) is 10.00. The number of carbonyl (C=O) groups is 2. The Balaban J connectivity index is 0.000000202. The highest BCUT2D eigenvalue weighted by atomic mass is 79.9. The fourth-order valence-corrected chi connectivity index (χ4v) is 6.33. The van der Waals surface area contributed by atoms with E-state index in [1.807, 2.05) is 36.4 Å². The van der Waals surface area contributed by atoms with Crippen LogP contribution in [0.3, 0.4) is 0 Å². The molecule has 3 aromatic heterocycles. The molecule has 0 saturated carbocycles. The molecule has 0 saturated heterocycles. The smallest absolute Gasteiger partial charge is 0.227 e. The van der Waals surface area contributed by atoms with E-state index in [1.54, 1.807) is 72.9 Å². The lowest BCUT2D eigenvalue weighted by atomic mass is 10.0. The minimum Gasteiger partial charge on any atom is -0.496 e. The van der Waals surface area contributed by atoms with E-state index in [1.165, 1.54) is 25.5 Å². The third kappa shape index (κ3) is 7.72. The number of benzene rings is 3. The van der Waals surface area contributed by atoms with Gasteiger partial charge in [-0.3, -0.25) is 23.7 Å². The topological polar surface area (TPSA) is 147 Å². The predicted octanol–water partition coefficient (Wildman–Crippen LogP) is 9.54. The van der Waals surface area contributed by atoms with Crippen molar-refractivity contribution < 1.29 is 19.1 Å². The molecule has 0 aliphatic carbocycles. The Kier molecular flexibility index (Phi) is 11.5. The van der Waals surface area contributed by atoms with Crippen LogP contribution >= 0.6 is 31.9 Å². The van der Waals surface area contributed by atoms with Gasteiger partial charge in [-0.05, 0) is 72.8 Å². The van der Waals surface area contributed by atoms with E-state index in [0.717, 1.165) is 30.8 Å². The molecule has 12 heteroatoms. The van der Waals surface area contributed by atoms with Crippen LogP contribution in [0.25, 0.3) is 45.1 Å². The fraction of sp³-hybridized carbons (Fsp3) is 0.100. The van der Waals surface area contributed by atoms with Gasteiger partial charge in [0.25, 0.3) is 0 Å². The van der Waals surface area contributed by atoms with E-state index in [9.17, 15) is 20.1 Å². The molecule has 0 radical (unpaired) electrons. The summed E-state index contributed by atoms with van der Waals surface area (Å²) in [5.41, 5.74) is 5.36. The summed E-state index contributed by atoms with van der Waals surface area (Å²) in [6.45, 7) is 2.96. The number of rotatable bonds is 6. The molecule has 0 bridgehead atoms. The lowest BCUT2D eigenvalue weighted by molar-refractivity contribution is 0.0933. The molecule has 0 aliphatic rings. The first-order chi connectivity index (χ1) is 25.0. The Morgan fingerprint density at radius 3 is 1.67 bits per heavy atom. The summed E-state index contributed by atoms with van der Waals surface area (Å²) in [7, 11) is 3.10. The van der Waals surface area contributed by atoms with E-state index in [-0.39, 0.29) is 11.8 Å². The van der Waals surface area contributed by atoms with Crippen LogP contribution in [0.1, 0.15) is 51.3 Å². The minimum atomic E-state index is -0.144. The number of aromatic nitrogens is 3. The lowest BCUT2D eigenvalue weighted by Crippen LogP contribution is -2.02. The second-order valence-electron chi connectivity index (χ2n) is 11.2. The maximum Gasteiger partial charge on any atom is 0.227 e. The molecule has 3 aromatic carbocycles. The average Bonchev–Trinajstić information content (AvgIpc) is 3.71. The van der Waals surface area contributed by atoms with Crippen LogP contribution in [-0.2, 0) is 0 Å². The van der Waals surface area contributed by atoms with Gasteiger partial charge >= 0.3 is 0 Å². The van der Waals surface area contributed by atoms with E-state index >= 15 is 0 Å². The van der Waals surface area contributed by atoms with Gasteiger partial charge in [0.05, 0.1) is 60.2 Å². The number of allylic oxidation sites excluding steroid dienone is 2. The molecule has 0 spiro atoms. The number of hydrogen-bond donors (Lipinski definition) is 0.